The van der Waals surface area contributed by atoms with E-state index in [2.05, 4.69) is 54.8 Å². The highest BCUT2D eigenvalue weighted by Crippen LogP contribution is 2.36. The summed E-state index contributed by atoms with van der Waals surface area (Å²) in [5, 5.41) is 0. The maximum absolute atomic E-state index is 12.4. The van der Waals surface area contributed by atoms with Gasteiger partial charge in [0.25, 0.3) is 0 Å². The number of carbonyl (C=O) groups is 2. The molecule has 0 saturated carbocycles. The zero-order valence-corrected chi connectivity index (χ0v) is 32.2. The molecule has 0 aliphatic heterocycles. The summed E-state index contributed by atoms with van der Waals surface area (Å²) in [6.45, 7) is 3.56. The fourth-order valence-corrected chi connectivity index (χ4v) is 5.87. The zero-order chi connectivity index (χ0) is 36.1. The molecule has 0 aromatic heterocycles. The number of carbonyl (C=O) groups excluding carboxylic acids is 2. The predicted molar refractivity (Wildman–Crippen MR) is 202 cm³/mol. The van der Waals surface area contributed by atoms with Crippen molar-refractivity contribution in [2.24, 2.45) is 0 Å². The second kappa shape index (κ2) is 36.1. The average molecular weight is 713 g/mol. The Morgan fingerprint density at radius 3 is 1.47 bits per heavy atom. The van der Waals surface area contributed by atoms with Gasteiger partial charge in [-0.15, -0.1) is 0 Å². The quantitative estimate of drug-likeness (QED) is 0.0285. The van der Waals surface area contributed by atoms with E-state index in [-0.39, 0.29) is 19.4 Å². The summed E-state index contributed by atoms with van der Waals surface area (Å²) in [6.07, 6.45) is 41.5. The normalized spacial score (nSPS) is 12.8. The molecule has 0 bridgehead atoms. The number of phosphoric acid groups is 1. The van der Waals surface area contributed by atoms with Crippen LogP contribution >= 0.6 is 7.82 Å². The molecular formula is C40H73O8P. The van der Waals surface area contributed by atoms with E-state index in [0.717, 1.165) is 70.6 Å². The molecule has 49 heavy (non-hydrogen) atoms. The van der Waals surface area contributed by atoms with E-state index in [0.29, 0.717) is 6.42 Å². The van der Waals surface area contributed by atoms with Crippen LogP contribution in [0.5, 0.6) is 0 Å². The molecule has 0 amide bonds. The minimum Gasteiger partial charge on any atom is -0.462 e. The molecule has 0 heterocycles. The Hall–Kier alpha value is -1.73. The van der Waals surface area contributed by atoms with E-state index in [1.54, 1.807) is 0 Å². The van der Waals surface area contributed by atoms with Crippen LogP contribution in [0.15, 0.2) is 36.5 Å². The monoisotopic (exact) mass is 713 g/mol. The van der Waals surface area contributed by atoms with Crippen molar-refractivity contribution in [3.05, 3.63) is 36.5 Å². The van der Waals surface area contributed by atoms with Crippen molar-refractivity contribution in [2.45, 2.75) is 193 Å². The van der Waals surface area contributed by atoms with Gasteiger partial charge >= 0.3 is 19.8 Å². The second-order valence-corrected chi connectivity index (χ2v) is 14.5. The van der Waals surface area contributed by atoms with Crippen LogP contribution in [0, 0.1) is 0 Å². The molecule has 0 radical (unpaired) electrons. The van der Waals surface area contributed by atoms with Crippen molar-refractivity contribution >= 4 is 19.8 Å². The van der Waals surface area contributed by atoms with Crippen LogP contribution in [0.2, 0.25) is 0 Å². The first-order valence-corrected chi connectivity index (χ1v) is 21.3. The Kier molecular flexibility index (Phi) is 34.8. The molecule has 0 aromatic carbocycles. The van der Waals surface area contributed by atoms with Gasteiger partial charge in [-0.2, -0.15) is 0 Å². The molecule has 0 rings (SSSR count). The summed E-state index contributed by atoms with van der Waals surface area (Å²) in [4.78, 5) is 42.7. The fraction of sp³-hybridized carbons (Fsp3) is 0.800. The minimum absolute atomic E-state index is 0.194. The van der Waals surface area contributed by atoms with Crippen molar-refractivity contribution in [3.8, 4) is 0 Å². The molecule has 2 N–H and O–H groups in total. The summed E-state index contributed by atoms with van der Waals surface area (Å²) in [7, 11) is -4.75. The third kappa shape index (κ3) is 38.9. The van der Waals surface area contributed by atoms with Gasteiger partial charge in [0, 0.05) is 12.8 Å². The lowest BCUT2D eigenvalue weighted by Crippen LogP contribution is -2.29. The lowest BCUT2D eigenvalue weighted by Gasteiger charge is -2.18. The van der Waals surface area contributed by atoms with Gasteiger partial charge in [-0.05, 0) is 44.9 Å². The summed E-state index contributed by atoms with van der Waals surface area (Å²) >= 11 is 0. The van der Waals surface area contributed by atoms with E-state index in [9.17, 15) is 14.2 Å². The highest BCUT2D eigenvalue weighted by molar-refractivity contribution is 7.46. The van der Waals surface area contributed by atoms with Crippen LogP contribution in [0.25, 0.3) is 0 Å². The standard InChI is InChI=1S/C40H73O8P/c1-3-5-7-9-11-13-15-17-19-21-22-24-26-28-30-32-34-39(41)46-36-38(37-47-49(43,44)45)48-40(42)35-33-31-29-27-25-23-20-18-16-14-12-10-8-6-4-2/h6,8,12,14,18,20,38H,3-5,7,9-11,13,15-17,19,21-37H2,1-2H3,(H2,43,44,45)/b8-6-,14-12-,20-18-. The molecule has 1 unspecified atom stereocenters. The Morgan fingerprint density at radius 2 is 0.980 bits per heavy atom. The molecule has 1 atom stereocenters. The highest BCUT2D eigenvalue weighted by atomic mass is 31.2. The minimum atomic E-state index is -4.75. The summed E-state index contributed by atoms with van der Waals surface area (Å²) in [6, 6.07) is 0. The van der Waals surface area contributed by atoms with Gasteiger partial charge in [0.15, 0.2) is 6.10 Å². The van der Waals surface area contributed by atoms with E-state index in [1.165, 1.54) is 83.5 Å². The predicted octanol–water partition coefficient (Wildman–Crippen LogP) is 11.8. The third-order valence-electron chi connectivity index (χ3n) is 8.42. The first-order valence-electron chi connectivity index (χ1n) is 19.8. The van der Waals surface area contributed by atoms with Crippen LogP contribution in [-0.4, -0.2) is 41.0 Å². The van der Waals surface area contributed by atoms with Crippen molar-refractivity contribution in [3.63, 3.8) is 0 Å². The maximum atomic E-state index is 12.4. The van der Waals surface area contributed by atoms with Crippen molar-refractivity contribution in [1.82, 2.24) is 0 Å². The first-order chi connectivity index (χ1) is 23.8. The van der Waals surface area contributed by atoms with E-state index < -0.39 is 32.5 Å². The van der Waals surface area contributed by atoms with E-state index in [4.69, 9.17) is 19.3 Å². The first kappa shape index (κ1) is 47.3. The van der Waals surface area contributed by atoms with Gasteiger partial charge in [0.2, 0.25) is 0 Å². The van der Waals surface area contributed by atoms with E-state index >= 15 is 0 Å². The lowest BCUT2D eigenvalue weighted by atomic mass is 10.0. The number of hydrogen-bond acceptors (Lipinski definition) is 6. The second-order valence-electron chi connectivity index (χ2n) is 13.2. The molecule has 0 aromatic rings. The van der Waals surface area contributed by atoms with Crippen molar-refractivity contribution in [2.75, 3.05) is 13.2 Å². The Morgan fingerprint density at radius 1 is 0.551 bits per heavy atom. The van der Waals surface area contributed by atoms with Gasteiger partial charge in [-0.3, -0.25) is 14.1 Å². The van der Waals surface area contributed by atoms with Gasteiger partial charge in [-0.25, -0.2) is 4.57 Å². The number of hydrogen-bond donors (Lipinski definition) is 2. The number of phosphoric ester groups is 1. The molecule has 0 aliphatic carbocycles. The Balaban J connectivity index is 3.95. The topological polar surface area (TPSA) is 119 Å². The molecule has 8 nitrogen and oxygen atoms in total. The van der Waals surface area contributed by atoms with Crippen LogP contribution in [-0.2, 0) is 28.2 Å². The van der Waals surface area contributed by atoms with Crippen molar-refractivity contribution in [1.29, 1.82) is 0 Å². The van der Waals surface area contributed by atoms with Crippen LogP contribution in [0.1, 0.15) is 187 Å². The third-order valence-corrected chi connectivity index (χ3v) is 8.91. The average Bonchev–Trinajstić information content (AvgIpc) is 3.07. The molecular weight excluding hydrogens is 639 g/mol. The smallest absolute Gasteiger partial charge is 0.462 e. The highest BCUT2D eigenvalue weighted by Gasteiger charge is 2.22. The SMILES string of the molecule is CC/C=C\C/C=C\C/C=C\CCCCCCCC(=O)OC(COC(=O)CCCCCCCCCCCCCCCCCC)COP(=O)(O)O. The molecule has 9 heteroatoms. The number of esters is 2. The van der Waals surface area contributed by atoms with Crippen molar-refractivity contribution < 1.29 is 37.9 Å². The van der Waals surface area contributed by atoms with Crippen LogP contribution < -0.4 is 0 Å². The molecule has 0 spiro atoms. The van der Waals surface area contributed by atoms with E-state index in [1.807, 2.05) is 0 Å². The largest absolute Gasteiger partial charge is 0.469 e. The molecule has 0 fully saturated rings. The number of ether oxygens (including phenoxy) is 2. The van der Waals surface area contributed by atoms with Gasteiger partial charge in [0.1, 0.15) is 6.61 Å². The van der Waals surface area contributed by atoms with Gasteiger partial charge in [0.05, 0.1) is 6.61 Å². The fourth-order valence-electron chi connectivity index (χ4n) is 5.51. The molecule has 0 saturated heterocycles. The van der Waals surface area contributed by atoms with Gasteiger partial charge < -0.3 is 19.3 Å². The summed E-state index contributed by atoms with van der Waals surface area (Å²) < 4.78 is 26.3. The molecule has 286 valence electrons. The summed E-state index contributed by atoms with van der Waals surface area (Å²) in [5.74, 6) is -0.900. The molecule has 0 aliphatic rings. The number of allylic oxidation sites excluding steroid dienone is 6. The zero-order valence-electron chi connectivity index (χ0n) is 31.3. The maximum Gasteiger partial charge on any atom is 0.469 e. The summed E-state index contributed by atoms with van der Waals surface area (Å²) in [5.41, 5.74) is 0. The lowest BCUT2D eigenvalue weighted by molar-refractivity contribution is -0.161. The Bertz CT molecular complexity index is 895. The Labute approximate surface area is 300 Å². The van der Waals surface area contributed by atoms with Crippen LogP contribution in [0.4, 0.5) is 0 Å². The van der Waals surface area contributed by atoms with Gasteiger partial charge in [-0.1, -0.05) is 166 Å². The number of rotatable bonds is 36. The van der Waals surface area contributed by atoms with Crippen LogP contribution in [0.3, 0.4) is 0 Å². The number of unbranched alkanes of at least 4 members (excludes halogenated alkanes) is 20.